The summed E-state index contributed by atoms with van der Waals surface area (Å²) in [5, 5.41) is 18.7. The van der Waals surface area contributed by atoms with Crippen molar-refractivity contribution in [1.29, 1.82) is 0 Å². The van der Waals surface area contributed by atoms with Gasteiger partial charge in [-0.1, -0.05) is 0 Å². The first-order valence-electron chi connectivity index (χ1n) is 4.03. The highest BCUT2D eigenvalue weighted by atomic mass is 31.2. The molecule has 0 aromatic heterocycles. The summed E-state index contributed by atoms with van der Waals surface area (Å²) < 4.78 is 10.4. The van der Waals surface area contributed by atoms with Gasteiger partial charge in [-0.3, -0.25) is 9.36 Å². The molecular weight excluding hydrogens is 211 g/mol. The maximum atomic E-state index is 10.8. The summed E-state index contributed by atoms with van der Waals surface area (Å²) in [6.07, 6.45) is -2.35. The maximum absolute atomic E-state index is 10.8. The molecule has 0 saturated heterocycles. The van der Waals surface area contributed by atoms with Gasteiger partial charge in [0.25, 0.3) is 0 Å². The van der Waals surface area contributed by atoms with Crippen LogP contribution in [0.5, 0.6) is 0 Å². The molecule has 0 rings (SSSR count). The van der Waals surface area contributed by atoms with Crippen molar-refractivity contribution in [3.63, 3.8) is 0 Å². The fourth-order valence-corrected chi connectivity index (χ4v) is 1.39. The minimum absolute atomic E-state index is 0.323. The van der Waals surface area contributed by atoms with E-state index in [1.807, 2.05) is 0 Å². The van der Waals surface area contributed by atoms with Crippen LogP contribution in [0.4, 0.5) is 0 Å². The van der Waals surface area contributed by atoms with Crippen molar-refractivity contribution < 1.29 is 29.4 Å². The van der Waals surface area contributed by atoms with Crippen LogP contribution in [-0.2, 0) is 9.36 Å². The van der Waals surface area contributed by atoms with E-state index in [0.29, 0.717) is 0 Å². The lowest BCUT2D eigenvalue weighted by atomic mass is 9.93. The summed E-state index contributed by atoms with van der Waals surface area (Å²) in [6.45, 7) is 2.21. The van der Waals surface area contributed by atoms with Crippen LogP contribution in [0, 0.1) is 0 Å². The summed E-state index contributed by atoms with van der Waals surface area (Å²) >= 11 is 0. The number of carbonyl (C=O) groups excluding carboxylic acids is 1. The molecule has 0 aromatic rings. The van der Waals surface area contributed by atoms with Crippen LogP contribution in [0.3, 0.4) is 0 Å². The number of aliphatic hydroxyl groups excluding tert-OH is 1. The van der Waals surface area contributed by atoms with Crippen LogP contribution in [0.25, 0.3) is 0 Å². The van der Waals surface area contributed by atoms with E-state index in [1.165, 1.54) is 0 Å². The van der Waals surface area contributed by atoms with E-state index in [9.17, 15) is 19.6 Å². The van der Waals surface area contributed by atoms with E-state index in [-0.39, 0.29) is 6.42 Å². The van der Waals surface area contributed by atoms with E-state index in [1.54, 1.807) is 0 Å². The van der Waals surface area contributed by atoms with E-state index >= 15 is 0 Å². The second kappa shape index (κ2) is 4.51. The number of hydrogen-bond acceptors (Lipinski definition) is 4. The third-order valence-corrected chi connectivity index (χ3v) is 2.90. The highest BCUT2D eigenvalue weighted by Crippen LogP contribution is 2.36. The molecule has 0 saturated carbocycles. The minimum atomic E-state index is -4.20. The molecule has 0 unspecified atom stereocenters. The summed E-state index contributed by atoms with van der Waals surface area (Å²) in [5.74, 6) is -0.643. The predicted molar refractivity (Wildman–Crippen MR) is 48.8 cm³/mol. The smallest absolute Gasteiger partial charge is 0.325 e. The molecule has 0 spiro atoms. The Hall–Kier alpha value is -0.260. The number of rotatable bonds is 5. The fraction of sp³-hybridized carbons (Fsp3) is 0.857. The zero-order valence-corrected chi connectivity index (χ0v) is 8.94. The largest absolute Gasteiger partial charge is 0.390 e. The van der Waals surface area contributed by atoms with Crippen molar-refractivity contribution >= 4 is 13.4 Å². The SMILES string of the molecule is CC(=O)[C@](C)(O)[C@@H](O)CCP(=O)(O)O. The van der Waals surface area contributed by atoms with Gasteiger partial charge >= 0.3 is 7.60 Å². The third-order valence-electron chi connectivity index (χ3n) is 2.06. The predicted octanol–water partition coefficient (Wildman–Crippen LogP) is -0.745. The lowest BCUT2D eigenvalue weighted by molar-refractivity contribution is -0.145. The highest BCUT2D eigenvalue weighted by Gasteiger charge is 2.36. The van der Waals surface area contributed by atoms with Gasteiger partial charge in [-0.05, 0) is 20.3 Å². The van der Waals surface area contributed by atoms with Gasteiger partial charge in [0.1, 0.15) is 5.60 Å². The van der Waals surface area contributed by atoms with Crippen molar-refractivity contribution in [3.8, 4) is 0 Å². The Balaban J connectivity index is 4.29. The molecule has 0 fully saturated rings. The first-order valence-corrected chi connectivity index (χ1v) is 5.83. The normalized spacial score (nSPS) is 18.7. The number of Topliss-reactive ketones (excluding diaryl/α,β-unsaturated/α-hetero) is 1. The highest BCUT2D eigenvalue weighted by molar-refractivity contribution is 7.51. The first-order chi connectivity index (χ1) is 6.07. The van der Waals surface area contributed by atoms with E-state index in [0.717, 1.165) is 13.8 Å². The lowest BCUT2D eigenvalue weighted by Gasteiger charge is -2.26. The molecule has 84 valence electrons. The molecule has 0 bridgehead atoms. The Morgan fingerprint density at radius 1 is 1.50 bits per heavy atom. The van der Waals surface area contributed by atoms with Crippen molar-refractivity contribution in [3.05, 3.63) is 0 Å². The Bertz CT molecular complexity index is 255. The molecule has 0 aromatic carbocycles. The van der Waals surface area contributed by atoms with Crippen LogP contribution in [-0.4, -0.2) is 43.7 Å². The average Bonchev–Trinajstić information content (AvgIpc) is 1.98. The van der Waals surface area contributed by atoms with Crippen molar-refractivity contribution in [2.45, 2.75) is 32.0 Å². The van der Waals surface area contributed by atoms with Gasteiger partial charge < -0.3 is 20.0 Å². The molecule has 14 heavy (non-hydrogen) atoms. The average molecular weight is 226 g/mol. The molecule has 0 radical (unpaired) electrons. The van der Waals surface area contributed by atoms with Gasteiger partial charge in [-0.2, -0.15) is 0 Å². The number of ketones is 1. The van der Waals surface area contributed by atoms with Crippen LogP contribution in [0.15, 0.2) is 0 Å². The topological polar surface area (TPSA) is 115 Å². The molecule has 0 heterocycles. The molecule has 0 aliphatic rings. The van der Waals surface area contributed by atoms with Crippen LogP contribution < -0.4 is 0 Å². The fourth-order valence-electron chi connectivity index (χ4n) is 0.806. The minimum Gasteiger partial charge on any atom is -0.390 e. The Morgan fingerprint density at radius 2 is 1.93 bits per heavy atom. The Kier molecular flexibility index (Phi) is 4.42. The van der Waals surface area contributed by atoms with Gasteiger partial charge in [-0.25, -0.2) is 0 Å². The van der Waals surface area contributed by atoms with E-state index in [2.05, 4.69) is 0 Å². The Morgan fingerprint density at radius 3 is 2.21 bits per heavy atom. The molecule has 0 amide bonds. The second-order valence-electron chi connectivity index (χ2n) is 3.40. The zero-order valence-electron chi connectivity index (χ0n) is 8.04. The standard InChI is InChI=1S/C7H15O6P/c1-5(8)7(2,10)6(9)3-4-14(11,12)13/h6,9-10H,3-4H2,1-2H3,(H2,11,12,13)/t6-,7-/m0/s1. The van der Waals surface area contributed by atoms with Crippen LogP contribution in [0.1, 0.15) is 20.3 Å². The lowest BCUT2D eigenvalue weighted by Crippen LogP contribution is -2.45. The van der Waals surface area contributed by atoms with Gasteiger partial charge in [0.2, 0.25) is 0 Å². The summed E-state index contributed by atoms with van der Waals surface area (Å²) in [6, 6.07) is 0. The summed E-state index contributed by atoms with van der Waals surface area (Å²) in [5.41, 5.74) is -1.95. The van der Waals surface area contributed by atoms with E-state index in [4.69, 9.17) is 9.79 Å². The van der Waals surface area contributed by atoms with E-state index < -0.39 is 31.2 Å². The summed E-state index contributed by atoms with van der Waals surface area (Å²) in [7, 11) is -4.20. The van der Waals surface area contributed by atoms with Crippen LogP contribution in [0.2, 0.25) is 0 Å². The zero-order chi connectivity index (χ0) is 11.6. The molecule has 2 atom stereocenters. The number of aliphatic hydroxyl groups is 2. The molecule has 7 heteroatoms. The van der Waals surface area contributed by atoms with Crippen molar-refractivity contribution in [2.24, 2.45) is 0 Å². The van der Waals surface area contributed by atoms with Crippen molar-refractivity contribution in [1.82, 2.24) is 0 Å². The molecule has 0 aliphatic heterocycles. The number of hydrogen-bond donors (Lipinski definition) is 4. The molecule has 4 N–H and O–H groups in total. The molecule has 0 aliphatic carbocycles. The molecule has 6 nitrogen and oxygen atoms in total. The van der Waals surface area contributed by atoms with Gasteiger partial charge in [0.15, 0.2) is 5.78 Å². The first kappa shape index (κ1) is 13.7. The van der Waals surface area contributed by atoms with Gasteiger partial charge in [0, 0.05) is 0 Å². The Labute approximate surface area is 81.7 Å². The van der Waals surface area contributed by atoms with Gasteiger partial charge in [-0.15, -0.1) is 0 Å². The molecular formula is C7H15O6P. The number of carbonyl (C=O) groups is 1. The quantitative estimate of drug-likeness (QED) is 0.459. The monoisotopic (exact) mass is 226 g/mol. The van der Waals surface area contributed by atoms with Crippen LogP contribution >= 0.6 is 7.60 Å². The van der Waals surface area contributed by atoms with Gasteiger partial charge in [0.05, 0.1) is 12.3 Å². The summed E-state index contributed by atoms with van der Waals surface area (Å²) in [4.78, 5) is 27.8. The second-order valence-corrected chi connectivity index (χ2v) is 5.17. The maximum Gasteiger partial charge on any atom is 0.325 e. The third kappa shape index (κ3) is 4.30. The van der Waals surface area contributed by atoms with Crippen molar-refractivity contribution in [2.75, 3.05) is 6.16 Å².